The van der Waals surface area contributed by atoms with Crippen molar-refractivity contribution in [2.45, 2.75) is 12.2 Å². The highest BCUT2D eigenvalue weighted by Gasteiger charge is 2.38. The molecule has 5 heteroatoms. The largest absolute Gasteiger partial charge is 0.363 e. The molecule has 1 saturated heterocycles. The number of hydrazine groups is 1. The molecule has 2 aliphatic heterocycles. The molecule has 2 heterocycles. The second kappa shape index (κ2) is 3.08. The maximum Gasteiger partial charge on any atom is 0.182 e. The van der Waals surface area contributed by atoms with Crippen LogP contribution in [0.25, 0.3) is 0 Å². The van der Waals surface area contributed by atoms with Crippen molar-refractivity contribution in [3.8, 4) is 0 Å². The van der Waals surface area contributed by atoms with E-state index < -0.39 is 0 Å². The number of anilines is 1. The van der Waals surface area contributed by atoms with E-state index >= 15 is 0 Å². The van der Waals surface area contributed by atoms with Gasteiger partial charge in [-0.2, -0.15) is 0 Å². The van der Waals surface area contributed by atoms with Crippen molar-refractivity contribution >= 4 is 23.0 Å². The predicted molar refractivity (Wildman–Crippen MR) is 63.2 cm³/mol. The summed E-state index contributed by atoms with van der Waals surface area (Å²) in [5.41, 5.74) is 5.58. The lowest BCUT2D eigenvalue weighted by Gasteiger charge is -2.37. The number of thiocarbonyl (C=S) groups is 1. The van der Waals surface area contributed by atoms with Crippen LogP contribution in [0.4, 0.5) is 5.69 Å². The highest BCUT2D eigenvalue weighted by atomic mass is 32.1. The fourth-order valence-corrected chi connectivity index (χ4v) is 2.53. The summed E-state index contributed by atoms with van der Waals surface area (Å²) in [6.07, 6.45) is 0.168. The van der Waals surface area contributed by atoms with Crippen LogP contribution in [-0.2, 0) is 0 Å². The van der Waals surface area contributed by atoms with Gasteiger partial charge in [0.25, 0.3) is 0 Å². The Hall–Kier alpha value is -1.33. The third-order valence-corrected chi connectivity index (χ3v) is 3.10. The van der Waals surface area contributed by atoms with E-state index in [-0.39, 0.29) is 12.2 Å². The van der Waals surface area contributed by atoms with Crippen LogP contribution in [0.3, 0.4) is 0 Å². The first-order valence-electron chi connectivity index (χ1n) is 4.91. The quantitative estimate of drug-likeness (QED) is 0.564. The Balaban J connectivity index is 2.02. The van der Waals surface area contributed by atoms with Gasteiger partial charge in [-0.1, -0.05) is 18.2 Å². The summed E-state index contributed by atoms with van der Waals surface area (Å²) in [4.78, 5) is 0. The molecule has 4 nitrogen and oxygen atoms in total. The second-order valence-electron chi connectivity index (χ2n) is 3.85. The first-order chi connectivity index (χ1) is 7.25. The average Bonchev–Trinajstić information content (AvgIpc) is 2.54. The van der Waals surface area contributed by atoms with Gasteiger partial charge in [-0.3, -0.25) is 5.43 Å². The van der Waals surface area contributed by atoms with E-state index in [4.69, 9.17) is 12.2 Å². The maximum absolute atomic E-state index is 5.11. The number of para-hydroxylation sites is 1. The lowest BCUT2D eigenvalue weighted by Crippen LogP contribution is -2.60. The third kappa shape index (κ3) is 1.27. The molecule has 0 radical (unpaired) electrons. The molecule has 0 aliphatic carbocycles. The average molecular weight is 220 g/mol. The van der Waals surface area contributed by atoms with Gasteiger partial charge in [0, 0.05) is 12.7 Å². The Kier molecular flexibility index (Phi) is 1.83. The van der Waals surface area contributed by atoms with E-state index in [1.165, 1.54) is 11.3 Å². The zero-order chi connectivity index (χ0) is 10.4. The van der Waals surface area contributed by atoms with Crippen molar-refractivity contribution in [2.75, 3.05) is 12.4 Å². The number of likely N-dealkylation sites (N-methyl/N-ethyl adjacent to an activating group) is 1. The predicted octanol–water partition coefficient (Wildman–Crippen LogP) is 0.804. The van der Waals surface area contributed by atoms with Gasteiger partial charge in [-0.25, -0.2) is 5.01 Å². The van der Waals surface area contributed by atoms with Crippen LogP contribution in [0.1, 0.15) is 11.6 Å². The summed E-state index contributed by atoms with van der Waals surface area (Å²) in [5, 5.41) is 9.35. The summed E-state index contributed by atoms with van der Waals surface area (Å²) >= 11 is 5.11. The van der Waals surface area contributed by atoms with Crippen LogP contribution in [-0.4, -0.2) is 23.3 Å². The van der Waals surface area contributed by atoms with Gasteiger partial charge in [-0.15, -0.1) is 0 Å². The molecule has 3 N–H and O–H groups in total. The molecule has 2 atom stereocenters. The normalized spacial score (nSPS) is 28.5. The summed E-state index contributed by atoms with van der Waals surface area (Å²) < 4.78 is 0. The molecule has 0 saturated carbocycles. The number of fused-ring (bicyclic) bond motifs is 3. The molecule has 0 aromatic heterocycles. The van der Waals surface area contributed by atoms with Gasteiger partial charge in [0.05, 0.1) is 6.04 Å². The number of hydrogen-bond donors (Lipinski definition) is 3. The van der Waals surface area contributed by atoms with Crippen LogP contribution < -0.4 is 16.1 Å². The standard InChI is InChI=1S/C10H12N4S/c1-14-8-6-4-2-3-5-7(6)11-9(8)12-10(15)13-14/h2-5,8-9,11H,1H3,(H2,12,13,15). The molecule has 1 aromatic rings. The molecule has 1 fully saturated rings. The molecular weight excluding hydrogens is 208 g/mol. The van der Waals surface area contributed by atoms with Crippen LogP contribution in [0, 0.1) is 0 Å². The maximum atomic E-state index is 5.11. The zero-order valence-electron chi connectivity index (χ0n) is 8.32. The van der Waals surface area contributed by atoms with Gasteiger partial charge < -0.3 is 10.6 Å². The summed E-state index contributed by atoms with van der Waals surface area (Å²) in [6.45, 7) is 0. The van der Waals surface area contributed by atoms with Gasteiger partial charge >= 0.3 is 0 Å². The number of benzene rings is 1. The SMILES string of the molecule is CN1NC(=S)NC2Nc3ccccc3C21. The third-order valence-electron chi connectivity index (χ3n) is 2.89. The van der Waals surface area contributed by atoms with Crippen molar-refractivity contribution in [3.63, 3.8) is 0 Å². The summed E-state index contributed by atoms with van der Waals surface area (Å²) in [5.74, 6) is 0. The van der Waals surface area contributed by atoms with E-state index in [2.05, 4.69) is 34.3 Å². The van der Waals surface area contributed by atoms with Crippen LogP contribution in [0.5, 0.6) is 0 Å². The van der Waals surface area contributed by atoms with Crippen molar-refractivity contribution in [3.05, 3.63) is 29.8 Å². The first-order valence-corrected chi connectivity index (χ1v) is 5.32. The highest BCUT2D eigenvalue weighted by Crippen LogP contribution is 2.36. The van der Waals surface area contributed by atoms with Crippen LogP contribution in [0.15, 0.2) is 24.3 Å². The molecule has 0 amide bonds. The summed E-state index contributed by atoms with van der Waals surface area (Å²) in [7, 11) is 2.01. The van der Waals surface area contributed by atoms with Gasteiger partial charge in [0.15, 0.2) is 5.11 Å². The minimum Gasteiger partial charge on any atom is -0.363 e. The van der Waals surface area contributed by atoms with Crippen LogP contribution >= 0.6 is 12.2 Å². The minimum absolute atomic E-state index is 0.168. The molecule has 3 rings (SSSR count). The Morgan fingerprint density at radius 2 is 2.07 bits per heavy atom. The first kappa shape index (κ1) is 8.94. The number of nitrogens with one attached hydrogen (secondary N) is 3. The zero-order valence-corrected chi connectivity index (χ0v) is 9.14. The Bertz CT molecular complexity index is 420. The summed E-state index contributed by atoms with van der Waals surface area (Å²) in [6, 6.07) is 8.61. The molecule has 0 bridgehead atoms. The molecule has 2 unspecified atom stereocenters. The minimum atomic E-state index is 0.168. The lowest BCUT2D eigenvalue weighted by atomic mass is 10.1. The second-order valence-corrected chi connectivity index (χ2v) is 4.26. The van der Waals surface area contributed by atoms with Gasteiger partial charge in [-0.05, 0) is 23.8 Å². The Morgan fingerprint density at radius 1 is 1.27 bits per heavy atom. The number of hydrogen-bond acceptors (Lipinski definition) is 3. The van der Waals surface area contributed by atoms with Crippen molar-refractivity contribution < 1.29 is 0 Å². The fraction of sp³-hybridized carbons (Fsp3) is 0.300. The lowest BCUT2D eigenvalue weighted by molar-refractivity contribution is 0.164. The molecule has 1 aromatic carbocycles. The van der Waals surface area contributed by atoms with E-state index in [0.717, 1.165) is 0 Å². The number of rotatable bonds is 0. The van der Waals surface area contributed by atoms with Gasteiger partial charge in [0.2, 0.25) is 0 Å². The molecule has 78 valence electrons. The van der Waals surface area contributed by atoms with E-state index in [9.17, 15) is 0 Å². The molecule has 15 heavy (non-hydrogen) atoms. The van der Waals surface area contributed by atoms with Crippen LogP contribution in [0.2, 0.25) is 0 Å². The molecule has 0 spiro atoms. The fourth-order valence-electron chi connectivity index (χ4n) is 2.26. The van der Waals surface area contributed by atoms with E-state index in [1.54, 1.807) is 0 Å². The van der Waals surface area contributed by atoms with E-state index in [1.807, 2.05) is 18.1 Å². The van der Waals surface area contributed by atoms with Crippen molar-refractivity contribution in [2.24, 2.45) is 0 Å². The van der Waals surface area contributed by atoms with Crippen molar-refractivity contribution in [1.82, 2.24) is 15.8 Å². The van der Waals surface area contributed by atoms with Gasteiger partial charge in [0.1, 0.15) is 6.17 Å². The van der Waals surface area contributed by atoms with Crippen molar-refractivity contribution in [1.29, 1.82) is 0 Å². The molecular formula is C10H12N4S. The van der Waals surface area contributed by atoms with E-state index in [0.29, 0.717) is 5.11 Å². The topological polar surface area (TPSA) is 39.3 Å². The Morgan fingerprint density at radius 3 is 2.93 bits per heavy atom. The highest BCUT2D eigenvalue weighted by molar-refractivity contribution is 7.80. The monoisotopic (exact) mass is 220 g/mol. The molecule has 2 aliphatic rings. The number of nitrogens with zero attached hydrogens (tertiary/aromatic N) is 1. The smallest absolute Gasteiger partial charge is 0.182 e. The Labute approximate surface area is 93.6 Å².